The molecule has 0 aliphatic rings. The Labute approximate surface area is 159 Å². The standard InChI is InChI=1S/C21H26N4O2/c1-13-11-14(2)25(24-13)12-18-15(3)27-19(23-18)16-7-9-17(10-8-16)22-20(26)21(4,5)6/h7-11H,12H2,1-6H3,(H,22,26). The second kappa shape index (κ2) is 7.02. The molecule has 0 aliphatic carbocycles. The number of carbonyl (C=O) groups excluding carboxylic acids is 1. The summed E-state index contributed by atoms with van der Waals surface area (Å²) in [7, 11) is 0. The van der Waals surface area contributed by atoms with Gasteiger partial charge in [0.05, 0.1) is 12.2 Å². The molecule has 0 aliphatic heterocycles. The first-order chi connectivity index (χ1) is 12.6. The highest BCUT2D eigenvalue weighted by Gasteiger charge is 2.21. The van der Waals surface area contributed by atoms with Gasteiger partial charge in [-0.05, 0) is 51.1 Å². The first kappa shape index (κ1) is 18.9. The van der Waals surface area contributed by atoms with Crippen LogP contribution in [0.5, 0.6) is 0 Å². The zero-order chi connectivity index (χ0) is 19.8. The Balaban J connectivity index is 1.77. The van der Waals surface area contributed by atoms with Crippen molar-refractivity contribution in [2.24, 2.45) is 5.41 Å². The average molecular weight is 366 g/mol. The summed E-state index contributed by atoms with van der Waals surface area (Å²) in [5.74, 6) is 1.33. The number of amides is 1. The van der Waals surface area contributed by atoms with Gasteiger partial charge in [-0.1, -0.05) is 20.8 Å². The molecular weight excluding hydrogens is 340 g/mol. The number of aryl methyl sites for hydroxylation is 3. The minimum Gasteiger partial charge on any atom is -0.441 e. The Hall–Kier alpha value is -2.89. The number of rotatable bonds is 4. The van der Waals surface area contributed by atoms with Gasteiger partial charge >= 0.3 is 0 Å². The van der Waals surface area contributed by atoms with E-state index in [0.29, 0.717) is 12.4 Å². The van der Waals surface area contributed by atoms with Crippen molar-refractivity contribution in [3.8, 4) is 11.5 Å². The van der Waals surface area contributed by atoms with Crippen molar-refractivity contribution in [2.45, 2.75) is 48.1 Å². The molecule has 0 spiro atoms. The molecule has 6 heteroatoms. The predicted molar refractivity (Wildman–Crippen MR) is 106 cm³/mol. The van der Waals surface area contributed by atoms with E-state index in [4.69, 9.17) is 4.42 Å². The van der Waals surface area contributed by atoms with E-state index in [-0.39, 0.29) is 5.91 Å². The van der Waals surface area contributed by atoms with Gasteiger partial charge in [-0.2, -0.15) is 5.10 Å². The third-order valence-electron chi connectivity index (χ3n) is 4.37. The lowest BCUT2D eigenvalue weighted by molar-refractivity contribution is -0.123. The third-order valence-corrected chi connectivity index (χ3v) is 4.37. The van der Waals surface area contributed by atoms with Crippen molar-refractivity contribution in [1.82, 2.24) is 14.8 Å². The summed E-state index contributed by atoms with van der Waals surface area (Å²) in [6.45, 7) is 12.2. The highest BCUT2D eigenvalue weighted by Crippen LogP contribution is 2.25. The normalized spacial score (nSPS) is 11.6. The van der Waals surface area contributed by atoms with Gasteiger partial charge in [-0.3, -0.25) is 9.48 Å². The topological polar surface area (TPSA) is 73.0 Å². The van der Waals surface area contributed by atoms with E-state index in [0.717, 1.165) is 34.1 Å². The smallest absolute Gasteiger partial charge is 0.229 e. The molecule has 1 amide bonds. The van der Waals surface area contributed by atoms with E-state index in [2.05, 4.69) is 15.4 Å². The first-order valence-electron chi connectivity index (χ1n) is 9.03. The number of nitrogens with one attached hydrogen (secondary N) is 1. The Morgan fingerprint density at radius 1 is 1.15 bits per heavy atom. The number of aromatic nitrogens is 3. The van der Waals surface area contributed by atoms with Crippen molar-refractivity contribution in [2.75, 3.05) is 5.32 Å². The molecule has 1 N–H and O–H groups in total. The van der Waals surface area contributed by atoms with Gasteiger partial charge in [0.25, 0.3) is 0 Å². The fraction of sp³-hybridized carbons (Fsp3) is 0.381. The molecule has 0 unspecified atom stereocenters. The molecule has 0 saturated heterocycles. The van der Waals surface area contributed by atoms with Crippen molar-refractivity contribution in [3.05, 3.63) is 53.2 Å². The van der Waals surface area contributed by atoms with Crippen LogP contribution in [-0.4, -0.2) is 20.7 Å². The van der Waals surface area contributed by atoms with Gasteiger partial charge in [-0.25, -0.2) is 4.98 Å². The maximum Gasteiger partial charge on any atom is 0.229 e. The summed E-state index contributed by atoms with van der Waals surface area (Å²) in [5.41, 5.74) is 4.13. The molecule has 27 heavy (non-hydrogen) atoms. The fourth-order valence-corrected chi connectivity index (χ4v) is 2.69. The molecule has 0 atom stereocenters. The zero-order valence-corrected chi connectivity index (χ0v) is 16.8. The monoisotopic (exact) mass is 366 g/mol. The van der Waals surface area contributed by atoms with E-state index in [1.807, 2.05) is 76.6 Å². The number of oxazole rings is 1. The highest BCUT2D eigenvalue weighted by atomic mass is 16.4. The van der Waals surface area contributed by atoms with Gasteiger partial charge in [0.2, 0.25) is 11.8 Å². The van der Waals surface area contributed by atoms with Crippen LogP contribution >= 0.6 is 0 Å². The number of hydrogen-bond donors (Lipinski definition) is 1. The summed E-state index contributed by atoms with van der Waals surface area (Å²) < 4.78 is 7.78. The van der Waals surface area contributed by atoms with Crippen LogP contribution in [0.3, 0.4) is 0 Å². The largest absolute Gasteiger partial charge is 0.441 e. The van der Waals surface area contributed by atoms with Gasteiger partial charge in [-0.15, -0.1) is 0 Å². The fourth-order valence-electron chi connectivity index (χ4n) is 2.69. The molecule has 6 nitrogen and oxygen atoms in total. The maximum absolute atomic E-state index is 12.1. The molecule has 2 heterocycles. The van der Waals surface area contributed by atoms with Crippen LogP contribution in [0.15, 0.2) is 34.7 Å². The Morgan fingerprint density at radius 2 is 1.81 bits per heavy atom. The molecule has 3 rings (SSSR count). The van der Waals surface area contributed by atoms with E-state index >= 15 is 0 Å². The molecule has 1 aromatic carbocycles. The number of hydrogen-bond acceptors (Lipinski definition) is 4. The molecule has 0 saturated carbocycles. The Morgan fingerprint density at radius 3 is 2.37 bits per heavy atom. The summed E-state index contributed by atoms with van der Waals surface area (Å²) in [4.78, 5) is 16.7. The third kappa shape index (κ3) is 4.27. The Kier molecular flexibility index (Phi) is 4.91. The quantitative estimate of drug-likeness (QED) is 0.738. The van der Waals surface area contributed by atoms with Crippen molar-refractivity contribution in [1.29, 1.82) is 0 Å². The molecule has 3 aromatic rings. The van der Waals surface area contributed by atoms with E-state index in [1.165, 1.54) is 0 Å². The van der Waals surface area contributed by atoms with Crippen LogP contribution in [0.2, 0.25) is 0 Å². The van der Waals surface area contributed by atoms with Gasteiger partial charge < -0.3 is 9.73 Å². The van der Waals surface area contributed by atoms with Crippen LogP contribution in [0, 0.1) is 26.2 Å². The lowest BCUT2D eigenvalue weighted by Crippen LogP contribution is -2.27. The number of anilines is 1. The van der Waals surface area contributed by atoms with E-state index in [9.17, 15) is 4.79 Å². The molecule has 0 fully saturated rings. The summed E-state index contributed by atoms with van der Waals surface area (Å²) in [6, 6.07) is 9.56. The minimum absolute atomic E-state index is 0.0191. The minimum atomic E-state index is -0.434. The maximum atomic E-state index is 12.1. The van der Waals surface area contributed by atoms with Crippen molar-refractivity contribution >= 4 is 11.6 Å². The van der Waals surface area contributed by atoms with Crippen LogP contribution in [0.4, 0.5) is 5.69 Å². The molecule has 142 valence electrons. The van der Waals surface area contributed by atoms with Crippen molar-refractivity contribution in [3.63, 3.8) is 0 Å². The van der Waals surface area contributed by atoms with Gasteiger partial charge in [0.1, 0.15) is 11.5 Å². The zero-order valence-electron chi connectivity index (χ0n) is 16.8. The SMILES string of the molecule is Cc1cc(C)n(Cc2nc(-c3ccc(NC(=O)C(C)(C)C)cc3)oc2C)n1. The summed E-state index contributed by atoms with van der Waals surface area (Å²) >= 11 is 0. The predicted octanol–water partition coefficient (Wildman–Crippen LogP) is 4.50. The number of nitrogens with zero attached hydrogens (tertiary/aromatic N) is 3. The lowest BCUT2D eigenvalue weighted by Gasteiger charge is -2.17. The van der Waals surface area contributed by atoms with Crippen LogP contribution in [-0.2, 0) is 11.3 Å². The second-order valence-corrected chi connectivity index (χ2v) is 7.89. The van der Waals surface area contributed by atoms with Gasteiger partial charge in [0, 0.05) is 22.4 Å². The first-order valence-corrected chi connectivity index (χ1v) is 9.03. The van der Waals surface area contributed by atoms with Crippen LogP contribution in [0.25, 0.3) is 11.5 Å². The summed E-state index contributed by atoms with van der Waals surface area (Å²) in [6.07, 6.45) is 0. The molecular formula is C21H26N4O2. The number of carbonyl (C=O) groups is 1. The van der Waals surface area contributed by atoms with Gasteiger partial charge in [0.15, 0.2) is 0 Å². The molecule has 0 radical (unpaired) electrons. The Bertz CT molecular complexity index is 959. The van der Waals surface area contributed by atoms with E-state index < -0.39 is 5.41 Å². The van der Waals surface area contributed by atoms with Crippen LogP contribution in [0.1, 0.15) is 43.6 Å². The average Bonchev–Trinajstić information content (AvgIpc) is 3.10. The van der Waals surface area contributed by atoms with Crippen molar-refractivity contribution < 1.29 is 9.21 Å². The molecule has 2 aromatic heterocycles. The number of benzene rings is 1. The second-order valence-electron chi connectivity index (χ2n) is 7.89. The van der Waals surface area contributed by atoms with E-state index in [1.54, 1.807) is 0 Å². The highest BCUT2D eigenvalue weighted by molar-refractivity contribution is 5.94. The molecule has 0 bridgehead atoms. The summed E-state index contributed by atoms with van der Waals surface area (Å²) in [5, 5.41) is 7.40. The van der Waals surface area contributed by atoms with Crippen LogP contribution < -0.4 is 5.32 Å². The lowest BCUT2D eigenvalue weighted by atomic mass is 9.95.